The van der Waals surface area contributed by atoms with E-state index < -0.39 is 0 Å². The van der Waals surface area contributed by atoms with Gasteiger partial charge in [0.2, 0.25) is 0 Å². The second-order valence-electron chi connectivity index (χ2n) is 6.11. The summed E-state index contributed by atoms with van der Waals surface area (Å²) in [7, 11) is 3.26. The van der Waals surface area contributed by atoms with E-state index in [2.05, 4.69) is 15.6 Å². The Morgan fingerprint density at radius 1 is 1.00 bits per heavy atom. The van der Waals surface area contributed by atoms with Gasteiger partial charge < -0.3 is 20.1 Å². The van der Waals surface area contributed by atoms with Crippen molar-refractivity contribution < 1.29 is 14.3 Å². The molecule has 3 aromatic rings. The second-order valence-corrected chi connectivity index (χ2v) is 6.11. The van der Waals surface area contributed by atoms with Crippen molar-refractivity contribution in [1.29, 1.82) is 0 Å². The number of para-hydroxylation sites is 1. The fraction of sp³-hybridized carbons (Fsp3) is 0.182. The van der Waals surface area contributed by atoms with Crippen molar-refractivity contribution >= 4 is 17.4 Å². The molecule has 2 N–H and O–H groups in total. The summed E-state index contributed by atoms with van der Waals surface area (Å²) in [6, 6.07) is 18.7. The Balaban J connectivity index is 1.54. The molecule has 0 fully saturated rings. The summed E-state index contributed by atoms with van der Waals surface area (Å²) < 4.78 is 10.5. The molecule has 1 aromatic heterocycles. The normalized spacial score (nSPS) is 10.2. The summed E-state index contributed by atoms with van der Waals surface area (Å²) >= 11 is 0. The number of pyridine rings is 1. The Morgan fingerprint density at radius 2 is 1.86 bits per heavy atom. The SMILES string of the molecule is COc1cccc(NC(=O)c2ccc(NCCc3ccccc3OC)nc2)c1. The van der Waals surface area contributed by atoms with E-state index in [0.29, 0.717) is 29.4 Å². The molecule has 0 spiro atoms. The Kier molecular flexibility index (Phi) is 6.46. The largest absolute Gasteiger partial charge is 0.497 e. The van der Waals surface area contributed by atoms with Crippen molar-refractivity contribution in [2.75, 3.05) is 31.4 Å². The maximum Gasteiger partial charge on any atom is 0.257 e. The van der Waals surface area contributed by atoms with Gasteiger partial charge in [0, 0.05) is 24.5 Å². The van der Waals surface area contributed by atoms with E-state index in [1.807, 2.05) is 42.5 Å². The summed E-state index contributed by atoms with van der Waals surface area (Å²) in [6.07, 6.45) is 2.37. The lowest BCUT2D eigenvalue weighted by Crippen LogP contribution is -2.13. The highest BCUT2D eigenvalue weighted by molar-refractivity contribution is 6.04. The number of carbonyl (C=O) groups excluding carboxylic acids is 1. The highest BCUT2D eigenvalue weighted by atomic mass is 16.5. The van der Waals surface area contributed by atoms with Gasteiger partial charge in [0.1, 0.15) is 17.3 Å². The van der Waals surface area contributed by atoms with Crippen LogP contribution in [-0.2, 0) is 6.42 Å². The summed E-state index contributed by atoms with van der Waals surface area (Å²) in [5.74, 6) is 2.06. The molecule has 0 aliphatic rings. The molecule has 28 heavy (non-hydrogen) atoms. The van der Waals surface area contributed by atoms with Gasteiger partial charge in [-0.25, -0.2) is 4.98 Å². The third-order valence-electron chi connectivity index (χ3n) is 4.25. The Morgan fingerprint density at radius 3 is 2.61 bits per heavy atom. The van der Waals surface area contributed by atoms with Crippen LogP contribution in [0.2, 0.25) is 0 Å². The molecule has 0 radical (unpaired) electrons. The highest BCUT2D eigenvalue weighted by Gasteiger charge is 2.08. The Bertz CT molecular complexity index is 926. The highest BCUT2D eigenvalue weighted by Crippen LogP contribution is 2.19. The predicted octanol–water partition coefficient (Wildman–Crippen LogP) is 4.01. The van der Waals surface area contributed by atoms with Gasteiger partial charge in [-0.05, 0) is 42.3 Å². The van der Waals surface area contributed by atoms with Crippen molar-refractivity contribution in [3.05, 3.63) is 78.0 Å². The van der Waals surface area contributed by atoms with Crippen LogP contribution < -0.4 is 20.1 Å². The third-order valence-corrected chi connectivity index (χ3v) is 4.25. The van der Waals surface area contributed by atoms with Crippen molar-refractivity contribution in [1.82, 2.24) is 4.98 Å². The first-order valence-electron chi connectivity index (χ1n) is 8.97. The van der Waals surface area contributed by atoms with Crippen LogP contribution in [-0.4, -0.2) is 31.7 Å². The van der Waals surface area contributed by atoms with Crippen LogP contribution in [0, 0.1) is 0 Å². The Labute approximate surface area is 164 Å². The quantitative estimate of drug-likeness (QED) is 0.621. The van der Waals surface area contributed by atoms with E-state index >= 15 is 0 Å². The average Bonchev–Trinajstić information content (AvgIpc) is 2.74. The molecule has 3 rings (SSSR count). The first-order valence-corrected chi connectivity index (χ1v) is 8.97. The van der Waals surface area contributed by atoms with Crippen LogP contribution in [0.4, 0.5) is 11.5 Å². The van der Waals surface area contributed by atoms with E-state index in [1.54, 1.807) is 38.6 Å². The minimum Gasteiger partial charge on any atom is -0.497 e. The summed E-state index contributed by atoms with van der Waals surface area (Å²) in [5, 5.41) is 6.10. The number of anilines is 2. The standard InChI is InChI=1S/C22H23N3O3/c1-27-19-8-5-7-18(14-19)25-22(26)17-10-11-21(24-15-17)23-13-12-16-6-3-4-9-20(16)28-2/h3-11,14-15H,12-13H2,1-2H3,(H,23,24)(H,25,26). The molecule has 2 aromatic carbocycles. The zero-order valence-corrected chi connectivity index (χ0v) is 15.9. The molecule has 0 aliphatic carbocycles. The lowest BCUT2D eigenvalue weighted by molar-refractivity contribution is 0.102. The Hall–Kier alpha value is -3.54. The average molecular weight is 377 g/mol. The number of nitrogens with zero attached hydrogens (tertiary/aromatic N) is 1. The monoisotopic (exact) mass is 377 g/mol. The van der Waals surface area contributed by atoms with Gasteiger partial charge in [-0.2, -0.15) is 0 Å². The molecule has 6 nitrogen and oxygen atoms in total. The first-order chi connectivity index (χ1) is 13.7. The molecule has 0 saturated heterocycles. The second kappa shape index (κ2) is 9.41. The van der Waals surface area contributed by atoms with Crippen molar-refractivity contribution in [2.24, 2.45) is 0 Å². The maximum absolute atomic E-state index is 12.4. The van der Waals surface area contributed by atoms with Crippen LogP contribution in [0.5, 0.6) is 11.5 Å². The van der Waals surface area contributed by atoms with Gasteiger partial charge in [0.25, 0.3) is 5.91 Å². The van der Waals surface area contributed by atoms with Crippen LogP contribution >= 0.6 is 0 Å². The molecule has 144 valence electrons. The summed E-state index contributed by atoms with van der Waals surface area (Å²) in [4.78, 5) is 16.7. The number of amides is 1. The van der Waals surface area contributed by atoms with Gasteiger partial charge in [0.15, 0.2) is 0 Å². The number of ether oxygens (including phenoxy) is 2. The molecule has 0 atom stereocenters. The van der Waals surface area contributed by atoms with E-state index in [0.717, 1.165) is 17.7 Å². The maximum atomic E-state index is 12.4. The molecule has 0 aliphatic heterocycles. The van der Waals surface area contributed by atoms with Gasteiger partial charge in [-0.1, -0.05) is 24.3 Å². The molecule has 0 bridgehead atoms. The van der Waals surface area contributed by atoms with Crippen molar-refractivity contribution in [2.45, 2.75) is 6.42 Å². The molecular formula is C22H23N3O3. The number of carbonyl (C=O) groups is 1. The zero-order chi connectivity index (χ0) is 19.8. The summed E-state index contributed by atoms with van der Waals surface area (Å²) in [5.41, 5.74) is 2.29. The number of hydrogen-bond donors (Lipinski definition) is 2. The predicted molar refractivity (Wildman–Crippen MR) is 110 cm³/mol. The topological polar surface area (TPSA) is 72.5 Å². The number of nitrogens with one attached hydrogen (secondary N) is 2. The molecular weight excluding hydrogens is 354 g/mol. The van der Waals surface area contributed by atoms with Crippen LogP contribution in [0.15, 0.2) is 66.9 Å². The van der Waals surface area contributed by atoms with Gasteiger partial charge in [-0.3, -0.25) is 4.79 Å². The van der Waals surface area contributed by atoms with Crippen molar-refractivity contribution in [3.8, 4) is 11.5 Å². The van der Waals surface area contributed by atoms with E-state index in [9.17, 15) is 4.79 Å². The van der Waals surface area contributed by atoms with Gasteiger partial charge in [-0.15, -0.1) is 0 Å². The number of methoxy groups -OCH3 is 2. The minimum absolute atomic E-state index is 0.221. The fourth-order valence-electron chi connectivity index (χ4n) is 2.77. The molecule has 1 heterocycles. The van der Waals surface area contributed by atoms with Crippen LogP contribution in [0.3, 0.4) is 0 Å². The van der Waals surface area contributed by atoms with Crippen LogP contribution in [0.25, 0.3) is 0 Å². The number of rotatable bonds is 8. The molecule has 6 heteroatoms. The number of aromatic nitrogens is 1. The molecule has 0 saturated carbocycles. The van der Waals surface area contributed by atoms with E-state index in [4.69, 9.17) is 9.47 Å². The fourth-order valence-corrected chi connectivity index (χ4v) is 2.77. The molecule has 0 unspecified atom stereocenters. The smallest absolute Gasteiger partial charge is 0.257 e. The summed E-state index contributed by atoms with van der Waals surface area (Å²) in [6.45, 7) is 0.711. The third kappa shape index (κ3) is 5.01. The van der Waals surface area contributed by atoms with E-state index in [1.165, 1.54) is 0 Å². The lowest BCUT2D eigenvalue weighted by atomic mass is 10.1. The van der Waals surface area contributed by atoms with Crippen molar-refractivity contribution in [3.63, 3.8) is 0 Å². The minimum atomic E-state index is -0.221. The van der Waals surface area contributed by atoms with Gasteiger partial charge >= 0.3 is 0 Å². The first kappa shape index (κ1) is 19.2. The number of benzene rings is 2. The lowest BCUT2D eigenvalue weighted by Gasteiger charge is -2.10. The van der Waals surface area contributed by atoms with Crippen LogP contribution in [0.1, 0.15) is 15.9 Å². The number of hydrogen-bond acceptors (Lipinski definition) is 5. The van der Waals surface area contributed by atoms with E-state index in [-0.39, 0.29) is 5.91 Å². The van der Waals surface area contributed by atoms with Gasteiger partial charge in [0.05, 0.1) is 19.8 Å². The molecule has 1 amide bonds. The zero-order valence-electron chi connectivity index (χ0n) is 15.9.